The molecule has 0 aliphatic carbocycles. The molecule has 0 aromatic heterocycles. The van der Waals surface area contributed by atoms with E-state index >= 15 is 0 Å². The number of carbonyl (C=O) groups is 1. The molecule has 96 valence electrons. The highest BCUT2D eigenvalue weighted by Crippen LogP contribution is 2.16. The molecule has 1 aromatic carbocycles. The summed E-state index contributed by atoms with van der Waals surface area (Å²) in [6, 6.07) is 4.30. The summed E-state index contributed by atoms with van der Waals surface area (Å²) in [4.78, 5) is 11.5. The highest BCUT2D eigenvalue weighted by Gasteiger charge is 2.06. The third-order valence-corrected chi connectivity index (χ3v) is 2.29. The Hall–Kier alpha value is -1.13. The Morgan fingerprint density at radius 3 is 2.71 bits per heavy atom. The number of amides is 1. The van der Waals surface area contributed by atoms with Crippen molar-refractivity contribution in [2.24, 2.45) is 5.73 Å². The van der Waals surface area contributed by atoms with Gasteiger partial charge in [0.25, 0.3) is 0 Å². The van der Waals surface area contributed by atoms with E-state index < -0.39 is 0 Å². The number of nitrogens with two attached hydrogens (primary N) is 1. The fourth-order valence-corrected chi connectivity index (χ4v) is 1.34. The summed E-state index contributed by atoms with van der Waals surface area (Å²) >= 11 is 0. The molecule has 0 radical (unpaired) electrons. The van der Waals surface area contributed by atoms with Gasteiger partial charge in [0.2, 0.25) is 5.91 Å². The first-order chi connectivity index (χ1) is 7.49. The number of halogens is 2. The van der Waals surface area contributed by atoms with Gasteiger partial charge in [0.1, 0.15) is 5.82 Å². The highest BCUT2D eigenvalue weighted by molar-refractivity contribution is 5.91. The van der Waals surface area contributed by atoms with E-state index in [9.17, 15) is 9.18 Å². The second-order valence-electron chi connectivity index (χ2n) is 4.02. The lowest BCUT2D eigenvalue weighted by Crippen LogP contribution is -2.19. The van der Waals surface area contributed by atoms with E-state index in [4.69, 9.17) is 5.73 Å². The summed E-state index contributed by atoms with van der Waals surface area (Å²) in [6.07, 6.45) is 1.03. The highest BCUT2D eigenvalue weighted by atomic mass is 35.5. The molecular weight excluding hydrogens is 243 g/mol. The van der Waals surface area contributed by atoms with Crippen LogP contribution in [0.5, 0.6) is 0 Å². The van der Waals surface area contributed by atoms with Crippen molar-refractivity contribution < 1.29 is 9.18 Å². The lowest BCUT2D eigenvalue weighted by atomic mass is 10.1. The lowest BCUT2D eigenvalue weighted by molar-refractivity contribution is -0.116. The molecule has 0 fully saturated rings. The molecule has 1 atom stereocenters. The van der Waals surface area contributed by atoms with Gasteiger partial charge < -0.3 is 11.1 Å². The molecule has 3 nitrogen and oxygen atoms in total. The van der Waals surface area contributed by atoms with E-state index in [0.29, 0.717) is 24.1 Å². The standard InChI is InChI=1S/C12H17FN2O.ClH/c1-8-7-10(13)4-5-11(8)15-12(16)6-3-9(2)14;/h4-5,7,9H,3,6,14H2,1-2H3,(H,15,16);1H. The van der Waals surface area contributed by atoms with Gasteiger partial charge in [0.05, 0.1) is 0 Å². The van der Waals surface area contributed by atoms with Crippen LogP contribution in [0.4, 0.5) is 10.1 Å². The molecule has 1 amide bonds. The summed E-state index contributed by atoms with van der Waals surface area (Å²) in [5, 5.41) is 2.73. The molecule has 5 heteroatoms. The van der Waals surface area contributed by atoms with Crippen LogP contribution < -0.4 is 11.1 Å². The maximum atomic E-state index is 12.8. The van der Waals surface area contributed by atoms with Crippen molar-refractivity contribution in [1.29, 1.82) is 0 Å². The largest absolute Gasteiger partial charge is 0.328 e. The molecule has 1 unspecified atom stereocenters. The van der Waals surface area contributed by atoms with Gasteiger partial charge in [0.15, 0.2) is 0 Å². The third kappa shape index (κ3) is 5.65. The van der Waals surface area contributed by atoms with Gasteiger partial charge in [-0.25, -0.2) is 4.39 Å². The lowest BCUT2D eigenvalue weighted by Gasteiger charge is -2.09. The molecular formula is C12H18ClFN2O. The van der Waals surface area contributed by atoms with Crippen molar-refractivity contribution in [2.75, 3.05) is 5.32 Å². The maximum absolute atomic E-state index is 12.8. The summed E-state index contributed by atoms with van der Waals surface area (Å²) < 4.78 is 12.8. The fourth-order valence-electron chi connectivity index (χ4n) is 1.34. The van der Waals surface area contributed by atoms with Crippen LogP contribution in [0.15, 0.2) is 18.2 Å². The van der Waals surface area contributed by atoms with E-state index in [2.05, 4.69) is 5.32 Å². The number of aryl methyl sites for hydroxylation is 1. The zero-order valence-corrected chi connectivity index (χ0v) is 10.8. The van der Waals surface area contributed by atoms with Crippen molar-refractivity contribution in [3.05, 3.63) is 29.6 Å². The van der Waals surface area contributed by atoms with E-state index in [1.807, 2.05) is 6.92 Å². The van der Waals surface area contributed by atoms with E-state index in [1.54, 1.807) is 13.0 Å². The van der Waals surface area contributed by atoms with Gasteiger partial charge in [-0.2, -0.15) is 0 Å². The van der Waals surface area contributed by atoms with Crippen molar-refractivity contribution in [3.63, 3.8) is 0 Å². The van der Waals surface area contributed by atoms with Crippen molar-refractivity contribution >= 4 is 24.0 Å². The van der Waals surface area contributed by atoms with E-state index in [-0.39, 0.29) is 30.2 Å². The predicted molar refractivity (Wildman–Crippen MR) is 69.9 cm³/mol. The molecule has 0 aliphatic heterocycles. The summed E-state index contributed by atoms with van der Waals surface area (Å²) in [5.74, 6) is -0.391. The first-order valence-electron chi connectivity index (χ1n) is 5.30. The van der Waals surface area contributed by atoms with Crippen LogP contribution in [0, 0.1) is 12.7 Å². The Kier molecular flexibility index (Phi) is 6.76. The number of benzene rings is 1. The molecule has 3 N–H and O–H groups in total. The van der Waals surface area contributed by atoms with E-state index in [0.717, 1.165) is 0 Å². The monoisotopic (exact) mass is 260 g/mol. The number of hydrogen-bond acceptors (Lipinski definition) is 2. The van der Waals surface area contributed by atoms with Crippen LogP contribution in [0.1, 0.15) is 25.3 Å². The number of hydrogen-bond donors (Lipinski definition) is 2. The second kappa shape index (κ2) is 7.25. The minimum Gasteiger partial charge on any atom is -0.328 e. The summed E-state index contributed by atoms with van der Waals surface area (Å²) in [5.41, 5.74) is 6.92. The van der Waals surface area contributed by atoms with Crippen molar-refractivity contribution in [3.8, 4) is 0 Å². The Labute approximate surface area is 107 Å². The van der Waals surface area contributed by atoms with Gasteiger partial charge in [-0.3, -0.25) is 4.79 Å². The minimum absolute atomic E-state index is 0. The summed E-state index contributed by atoms with van der Waals surface area (Å²) in [6.45, 7) is 3.61. The van der Waals surface area contributed by atoms with Gasteiger partial charge >= 0.3 is 0 Å². The molecule has 0 saturated heterocycles. The minimum atomic E-state index is -0.300. The van der Waals surface area contributed by atoms with Crippen LogP contribution in [-0.2, 0) is 4.79 Å². The molecule has 0 saturated carbocycles. The van der Waals surface area contributed by atoms with Gasteiger partial charge in [-0.05, 0) is 44.0 Å². The van der Waals surface area contributed by atoms with Gasteiger partial charge in [-0.15, -0.1) is 12.4 Å². The van der Waals surface area contributed by atoms with Crippen LogP contribution in [0.2, 0.25) is 0 Å². The Balaban J connectivity index is 0.00000256. The molecule has 0 spiro atoms. The van der Waals surface area contributed by atoms with Crippen LogP contribution in [0.25, 0.3) is 0 Å². The van der Waals surface area contributed by atoms with Crippen LogP contribution >= 0.6 is 12.4 Å². The number of anilines is 1. The average Bonchev–Trinajstić information content (AvgIpc) is 2.19. The smallest absolute Gasteiger partial charge is 0.224 e. The van der Waals surface area contributed by atoms with Crippen LogP contribution in [0.3, 0.4) is 0 Å². The first-order valence-corrected chi connectivity index (χ1v) is 5.30. The zero-order chi connectivity index (χ0) is 12.1. The molecule has 1 aromatic rings. The quantitative estimate of drug-likeness (QED) is 0.874. The number of rotatable bonds is 4. The molecule has 0 heterocycles. The van der Waals surface area contributed by atoms with E-state index in [1.165, 1.54) is 12.1 Å². The van der Waals surface area contributed by atoms with Gasteiger partial charge in [-0.1, -0.05) is 0 Å². The number of carbonyl (C=O) groups excluding carboxylic acids is 1. The average molecular weight is 261 g/mol. The normalized spacial score (nSPS) is 11.5. The molecule has 1 rings (SSSR count). The predicted octanol–water partition coefficient (Wildman–Crippen LogP) is 2.62. The first kappa shape index (κ1) is 15.9. The third-order valence-electron chi connectivity index (χ3n) is 2.29. The maximum Gasteiger partial charge on any atom is 0.224 e. The van der Waals surface area contributed by atoms with Crippen molar-refractivity contribution in [1.82, 2.24) is 0 Å². The Morgan fingerprint density at radius 2 is 2.18 bits per heavy atom. The SMILES string of the molecule is Cc1cc(F)ccc1NC(=O)CCC(C)N.Cl. The zero-order valence-electron chi connectivity index (χ0n) is 10.00. The number of nitrogens with one attached hydrogen (secondary N) is 1. The van der Waals surface area contributed by atoms with Crippen molar-refractivity contribution in [2.45, 2.75) is 32.7 Å². The summed E-state index contributed by atoms with van der Waals surface area (Å²) in [7, 11) is 0. The second-order valence-corrected chi connectivity index (χ2v) is 4.02. The van der Waals surface area contributed by atoms with Gasteiger partial charge in [0, 0.05) is 18.2 Å². The molecule has 0 aliphatic rings. The molecule has 0 bridgehead atoms. The molecule has 17 heavy (non-hydrogen) atoms. The van der Waals surface area contributed by atoms with Crippen LogP contribution in [-0.4, -0.2) is 11.9 Å². The Bertz CT molecular complexity index is 383. The topological polar surface area (TPSA) is 55.1 Å². The fraction of sp³-hybridized carbons (Fsp3) is 0.417. The Morgan fingerprint density at radius 1 is 1.53 bits per heavy atom.